The van der Waals surface area contributed by atoms with Gasteiger partial charge in [0.2, 0.25) is 0 Å². The van der Waals surface area contributed by atoms with Crippen LogP contribution in [0.2, 0.25) is 0 Å². The summed E-state index contributed by atoms with van der Waals surface area (Å²) >= 11 is 0. The molecule has 0 aromatic heterocycles. The molecule has 0 aliphatic heterocycles. The number of ether oxygens (including phenoxy) is 1. The minimum atomic E-state index is -0.804. The number of carboxylic acid groups (broad SMARTS) is 1. The third kappa shape index (κ3) is 5.76. The van der Waals surface area contributed by atoms with Crippen molar-refractivity contribution in [3.8, 4) is 0 Å². The molecule has 2 N–H and O–H groups in total. The predicted octanol–water partition coefficient (Wildman–Crippen LogP) is 3.38. The number of carbonyl (C=O) groups excluding carboxylic acids is 1. The van der Waals surface area contributed by atoms with E-state index in [2.05, 4.69) is 5.32 Å². The Morgan fingerprint density at radius 1 is 1.00 bits per heavy atom. The summed E-state index contributed by atoms with van der Waals surface area (Å²) in [5.74, 6) is -1.22. The molecule has 1 atom stereocenters. The highest BCUT2D eigenvalue weighted by molar-refractivity contribution is 5.70. The number of amides is 1. The van der Waals surface area contributed by atoms with Crippen LogP contribution in [0.4, 0.5) is 4.79 Å². The van der Waals surface area contributed by atoms with Crippen LogP contribution in [0.3, 0.4) is 0 Å². The van der Waals surface area contributed by atoms with E-state index < -0.39 is 18.0 Å². The maximum absolute atomic E-state index is 11.7. The van der Waals surface area contributed by atoms with Crippen molar-refractivity contribution in [3.63, 3.8) is 0 Å². The van der Waals surface area contributed by atoms with Crippen LogP contribution in [0.1, 0.15) is 23.6 Å². The average Bonchev–Trinajstić information content (AvgIpc) is 2.60. The summed E-state index contributed by atoms with van der Waals surface area (Å²) in [6, 6.07) is 17.0. The lowest BCUT2D eigenvalue weighted by Gasteiger charge is -2.09. The van der Waals surface area contributed by atoms with Crippen molar-refractivity contribution in [2.45, 2.75) is 26.5 Å². The van der Waals surface area contributed by atoms with E-state index in [9.17, 15) is 9.59 Å². The first-order chi connectivity index (χ1) is 11.5. The molecule has 0 aliphatic carbocycles. The molecular formula is C19H21NO4. The standard InChI is InChI=1S/C19H21NO4/c1-14(18(21)22)11-15-7-9-16(10-8-15)12-20-19(23)24-13-17-5-3-2-4-6-17/h2-10,14H,11-13H2,1H3,(H,20,23)(H,21,22). The first-order valence-corrected chi connectivity index (χ1v) is 7.80. The molecule has 0 radical (unpaired) electrons. The van der Waals surface area contributed by atoms with E-state index >= 15 is 0 Å². The quantitative estimate of drug-likeness (QED) is 0.817. The van der Waals surface area contributed by atoms with Crippen molar-refractivity contribution >= 4 is 12.1 Å². The highest BCUT2D eigenvalue weighted by Crippen LogP contribution is 2.10. The van der Waals surface area contributed by atoms with Crippen molar-refractivity contribution < 1.29 is 19.4 Å². The summed E-state index contributed by atoms with van der Waals surface area (Å²) in [7, 11) is 0. The fraction of sp³-hybridized carbons (Fsp3) is 0.263. The van der Waals surface area contributed by atoms with Crippen LogP contribution in [0.15, 0.2) is 54.6 Å². The minimum absolute atomic E-state index is 0.235. The Hall–Kier alpha value is -2.82. The number of nitrogens with one attached hydrogen (secondary N) is 1. The van der Waals surface area contributed by atoms with Gasteiger partial charge < -0.3 is 15.2 Å². The lowest BCUT2D eigenvalue weighted by molar-refractivity contribution is -0.141. The number of carboxylic acids is 1. The Bertz CT molecular complexity index is 668. The SMILES string of the molecule is CC(Cc1ccc(CNC(=O)OCc2ccccc2)cc1)C(=O)O. The third-order valence-corrected chi connectivity index (χ3v) is 3.64. The summed E-state index contributed by atoms with van der Waals surface area (Å²) < 4.78 is 5.14. The fourth-order valence-electron chi connectivity index (χ4n) is 2.18. The zero-order valence-corrected chi connectivity index (χ0v) is 13.6. The molecule has 0 spiro atoms. The molecule has 0 aliphatic rings. The zero-order valence-electron chi connectivity index (χ0n) is 13.6. The van der Waals surface area contributed by atoms with Crippen molar-refractivity contribution in [2.24, 2.45) is 5.92 Å². The van der Waals surface area contributed by atoms with Crippen LogP contribution in [0, 0.1) is 5.92 Å². The highest BCUT2D eigenvalue weighted by atomic mass is 16.5. The molecule has 5 heteroatoms. The largest absolute Gasteiger partial charge is 0.481 e. The van der Waals surface area contributed by atoms with E-state index in [4.69, 9.17) is 9.84 Å². The van der Waals surface area contributed by atoms with Crippen molar-refractivity contribution in [1.29, 1.82) is 0 Å². The van der Waals surface area contributed by atoms with Crippen LogP contribution in [-0.4, -0.2) is 17.2 Å². The summed E-state index contributed by atoms with van der Waals surface area (Å²) in [5, 5.41) is 11.6. The van der Waals surface area contributed by atoms with E-state index in [0.29, 0.717) is 13.0 Å². The molecule has 1 amide bonds. The molecule has 2 aromatic rings. The van der Waals surface area contributed by atoms with Crippen LogP contribution in [0.5, 0.6) is 0 Å². The number of aliphatic carboxylic acids is 1. The van der Waals surface area contributed by atoms with E-state index in [-0.39, 0.29) is 6.61 Å². The topological polar surface area (TPSA) is 75.6 Å². The van der Waals surface area contributed by atoms with Crippen LogP contribution < -0.4 is 5.32 Å². The number of hydrogen-bond donors (Lipinski definition) is 2. The molecule has 0 heterocycles. The molecule has 0 fully saturated rings. The molecule has 1 unspecified atom stereocenters. The Balaban J connectivity index is 1.75. The van der Waals surface area contributed by atoms with E-state index in [1.807, 2.05) is 54.6 Å². The molecule has 0 bridgehead atoms. The molecule has 24 heavy (non-hydrogen) atoms. The van der Waals surface area contributed by atoms with E-state index in [0.717, 1.165) is 16.7 Å². The maximum Gasteiger partial charge on any atom is 0.407 e. The Kier molecular flexibility index (Phi) is 6.37. The van der Waals surface area contributed by atoms with Gasteiger partial charge in [-0.25, -0.2) is 4.79 Å². The first kappa shape index (κ1) is 17.5. The average molecular weight is 327 g/mol. The highest BCUT2D eigenvalue weighted by Gasteiger charge is 2.11. The van der Waals surface area contributed by atoms with Gasteiger partial charge in [-0.15, -0.1) is 0 Å². The van der Waals surface area contributed by atoms with Gasteiger partial charge in [0.15, 0.2) is 0 Å². The Morgan fingerprint density at radius 2 is 1.62 bits per heavy atom. The van der Waals surface area contributed by atoms with Crippen molar-refractivity contribution in [1.82, 2.24) is 5.32 Å². The molecule has 2 aromatic carbocycles. The van der Waals surface area contributed by atoms with Gasteiger partial charge in [0, 0.05) is 6.54 Å². The molecule has 0 saturated heterocycles. The van der Waals surface area contributed by atoms with Crippen LogP contribution >= 0.6 is 0 Å². The second kappa shape index (κ2) is 8.72. The number of hydrogen-bond acceptors (Lipinski definition) is 3. The summed E-state index contributed by atoms with van der Waals surface area (Å²) in [5.41, 5.74) is 2.82. The molecule has 126 valence electrons. The van der Waals surface area contributed by atoms with Gasteiger partial charge in [0.25, 0.3) is 0 Å². The van der Waals surface area contributed by atoms with Crippen molar-refractivity contribution in [3.05, 3.63) is 71.3 Å². The maximum atomic E-state index is 11.7. The smallest absolute Gasteiger partial charge is 0.407 e. The second-order valence-electron chi connectivity index (χ2n) is 5.68. The van der Waals surface area contributed by atoms with Gasteiger partial charge in [0.1, 0.15) is 6.61 Å². The Labute approximate surface area is 141 Å². The lowest BCUT2D eigenvalue weighted by atomic mass is 10.0. The fourth-order valence-corrected chi connectivity index (χ4v) is 2.18. The molecular weight excluding hydrogens is 306 g/mol. The number of carbonyl (C=O) groups is 2. The normalized spacial score (nSPS) is 11.5. The van der Waals surface area contributed by atoms with Gasteiger partial charge in [-0.3, -0.25) is 4.79 Å². The number of rotatable bonds is 7. The van der Waals surface area contributed by atoms with Gasteiger partial charge in [-0.1, -0.05) is 61.5 Å². The third-order valence-electron chi connectivity index (χ3n) is 3.64. The molecule has 0 saturated carbocycles. The molecule has 2 rings (SSSR count). The predicted molar refractivity (Wildman–Crippen MR) is 90.4 cm³/mol. The monoisotopic (exact) mass is 327 g/mol. The Morgan fingerprint density at radius 3 is 2.25 bits per heavy atom. The molecule has 5 nitrogen and oxygen atoms in total. The minimum Gasteiger partial charge on any atom is -0.481 e. The van der Waals surface area contributed by atoms with E-state index in [1.165, 1.54) is 0 Å². The zero-order chi connectivity index (χ0) is 17.4. The summed E-state index contributed by atoms with van der Waals surface area (Å²) in [6.45, 7) is 2.28. The van der Waals surface area contributed by atoms with Crippen LogP contribution in [-0.2, 0) is 29.1 Å². The second-order valence-corrected chi connectivity index (χ2v) is 5.68. The first-order valence-electron chi connectivity index (χ1n) is 7.80. The van der Waals surface area contributed by atoms with Gasteiger partial charge >= 0.3 is 12.1 Å². The van der Waals surface area contributed by atoms with Gasteiger partial charge in [-0.2, -0.15) is 0 Å². The van der Waals surface area contributed by atoms with Crippen molar-refractivity contribution in [2.75, 3.05) is 0 Å². The summed E-state index contributed by atoms with van der Waals surface area (Å²) in [6.07, 6.45) is 0.0183. The number of alkyl carbamates (subject to hydrolysis) is 1. The number of benzene rings is 2. The summed E-state index contributed by atoms with van der Waals surface area (Å²) in [4.78, 5) is 22.5. The van der Waals surface area contributed by atoms with Crippen LogP contribution in [0.25, 0.3) is 0 Å². The van der Waals surface area contributed by atoms with E-state index in [1.54, 1.807) is 6.92 Å². The lowest BCUT2D eigenvalue weighted by Crippen LogP contribution is -2.23. The van der Waals surface area contributed by atoms with Gasteiger partial charge in [-0.05, 0) is 23.1 Å². The van der Waals surface area contributed by atoms with Gasteiger partial charge in [0.05, 0.1) is 5.92 Å².